The number of nitrogens with one attached hydrogen (secondary N) is 1. The number of phenols is 1. The Morgan fingerprint density at radius 1 is 1.06 bits per heavy atom. The summed E-state index contributed by atoms with van der Waals surface area (Å²) in [5.74, 6) is -1.34. The second-order valence-corrected chi connectivity index (χ2v) is 8.98. The Hall–Kier alpha value is -3.26. The minimum Gasteiger partial charge on any atom is -0.505 e. The Kier molecular flexibility index (Phi) is 7.50. The van der Waals surface area contributed by atoms with Gasteiger partial charge in [0.05, 0.1) is 17.2 Å². The number of rotatable bonds is 10. The maximum Gasteiger partial charge on any atom is 0.276 e. The van der Waals surface area contributed by atoms with Crippen molar-refractivity contribution in [3.05, 3.63) is 87.9 Å². The first-order chi connectivity index (χ1) is 16.9. The lowest BCUT2D eigenvalue weighted by Gasteiger charge is -2.19. The van der Waals surface area contributed by atoms with Crippen LogP contribution in [0.5, 0.6) is 11.5 Å². The minimum atomic E-state index is -1.32. The van der Waals surface area contributed by atoms with E-state index in [2.05, 4.69) is 5.32 Å². The second kappa shape index (κ2) is 10.6. The highest BCUT2D eigenvalue weighted by Gasteiger charge is 2.64. The Labute approximate surface area is 213 Å². The number of carbonyl (C=O) groups excluding carboxylic acids is 2. The average Bonchev–Trinajstić information content (AvgIpc) is 3.43. The summed E-state index contributed by atoms with van der Waals surface area (Å²) < 4.78 is 5.60. The molecule has 0 radical (unpaired) electrons. The molecule has 1 atom stereocenters. The van der Waals surface area contributed by atoms with Gasteiger partial charge in [0.15, 0.2) is 11.5 Å². The van der Waals surface area contributed by atoms with Gasteiger partial charge in [-0.3, -0.25) is 14.5 Å². The molecule has 35 heavy (non-hydrogen) atoms. The van der Waals surface area contributed by atoms with E-state index in [0.717, 1.165) is 12.0 Å². The fourth-order valence-corrected chi connectivity index (χ4v) is 4.51. The van der Waals surface area contributed by atoms with Crippen LogP contribution in [0.4, 0.5) is 5.69 Å². The second-order valence-electron chi connectivity index (χ2n) is 8.19. The molecule has 1 aliphatic rings. The average molecular weight is 514 g/mol. The van der Waals surface area contributed by atoms with Crippen LogP contribution < -0.4 is 20.7 Å². The van der Waals surface area contributed by atoms with Crippen LogP contribution in [0.3, 0.4) is 0 Å². The smallest absolute Gasteiger partial charge is 0.276 e. The predicted molar refractivity (Wildman–Crippen MR) is 136 cm³/mol. The van der Waals surface area contributed by atoms with E-state index in [1.54, 1.807) is 12.1 Å². The Morgan fingerprint density at radius 2 is 1.71 bits per heavy atom. The Balaban J connectivity index is 1.62. The number of nitrogens with zero attached hydrogens (tertiary/aromatic N) is 1. The van der Waals surface area contributed by atoms with Crippen molar-refractivity contribution < 1.29 is 19.4 Å². The van der Waals surface area contributed by atoms with Crippen molar-refractivity contribution >= 4 is 40.7 Å². The molecule has 0 aliphatic carbocycles. The van der Waals surface area contributed by atoms with E-state index in [1.807, 2.05) is 48.5 Å². The minimum absolute atomic E-state index is 0.0739. The first-order valence-electron chi connectivity index (χ1n) is 11.2. The standard InChI is InChI=1S/C26H25Cl2N3O4/c27-20-15-19(22(32)21(28)23(20)35-14-8-7-13-29)24(33)30-26(16-17-9-3-1-4-10-17)25(34)31(26)18-11-5-2-6-12-18/h1-6,9-12,15,32H,7-8,13-14,16,29H2,(H,30,33)/t26-,31?/m0/s1. The van der Waals surface area contributed by atoms with E-state index >= 15 is 0 Å². The van der Waals surface area contributed by atoms with Gasteiger partial charge in [-0.15, -0.1) is 0 Å². The summed E-state index contributed by atoms with van der Waals surface area (Å²) in [7, 11) is 0. The van der Waals surface area contributed by atoms with Crippen molar-refractivity contribution in [2.45, 2.75) is 24.9 Å². The van der Waals surface area contributed by atoms with E-state index in [0.29, 0.717) is 25.3 Å². The van der Waals surface area contributed by atoms with Crippen LogP contribution in [0.15, 0.2) is 66.7 Å². The summed E-state index contributed by atoms with van der Waals surface area (Å²) in [6, 6.07) is 19.7. The summed E-state index contributed by atoms with van der Waals surface area (Å²) in [5.41, 5.74) is 5.52. The number of anilines is 1. The summed E-state index contributed by atoms with van der Waals surface area (Å²) in [4.78, 5) is 28.0. The van der Waals surface area contributed by atoms with Crippen LogP contribution in [-0.4, -0.2) is 35.7 Å². The number of ether oxygens (including phenoxy) is 1. The molecule has 4 N–H and O–H groups in total. The molecule has 0 spiro atoms. The third-order valence-corrected chi connectivity index (χ3v) is 6.40. The first-order valence-corrected chi connectivity index (χ1v) is 11.9. The molecule has 0 bridgehead atoms. The lowest BCUT2D eigenvalue weighted by Crippen LogP contribution is -2.44. The number of halogens is 2. The number of carbonyl (C=O) groups is 2. The van der Waals surface area contributed by atoms with Gasteiger partial charge in [-0.25, -0.2) is 0 Å². The fraction of sp³-hybridized carbons (Fsp3) is 0.231. The number of amides is 2. The first kappa shape index (κ1) is 24.9. The largest absolute Gasteiger partial charge is 0.505 e. The van der Waals surface area contributed by atoms with Crippen LogP contribution in [0.25, 0.3) is 0 Å². The van der Waals surface area contributed by atoms with Gasteiger partial charge in [0.1, 0.15) is 5.02 Å². The fourth-order valence-electron chi connectivity index (χ4n) is 3.95. The number of hydrogen-bond donors (Lipinski definition) is 3. The zero-order valence-corrected chi connectivity index (χ0v) is 20.4. The zero-order valence-electron chi connectivity index (χ0n) is 18.8. The zero-order chi connectivity index (χ0) is 25.0. The molecule has 0 aromatic heterocycles. The number of nitrogens with two attached hydrogens (primary N) is 1. The van der Waals surface area contributed by atoms with E-state index in [1.165, 1.54) is 11.0 Å². The van der Waals surface area contributed by atoms with Gasteiger partial charge < -0.3 is 20.9 Å². The lowest BCUT2D eigenvalue weighted by atomic mass is 10.0. The third-order valence-electron chi connectivity index (χ3n) is 5.77. The molecule has 0 unspecified atom stereocenters. The van der Waals surface area contributed by atoms with Crippen LogP contribution in [-0.2, 0) is 11.2 Å². The number of aromatic hydroxyl groups is 1. The van der Waals surface area contributed by atoms with E-state index in [4.69, 9.17) is 33.7 Å². The summed E-state index contributed by atoms with van der Waals surface area (Å²) in [6.07, 6.45) is 1.68. The van der Waals surface area contributed by atoms with Crippen molar-refractivity contribution in [2.75, 3.05) is 18.1 Å². The van der Waals surface area contributed by atoms with Crippen molar-refractivity contribution in [2.24, 2.45) is 5.73 Å². The van der Waals surface area contributed by atoms with Crippen LogP contribution in [0.1, 0.15) is 28.8 Å². The van der Waals surface area contributed by atoms with E-state index in [9.17, 15) is 14.7 Å². The topological polar surface area (TPSA) is 105 Å². The summed E-state index contributed by atoms with van der Waals surface area (Å²) in [6.45, 7) is 0.834. The molecule has 0 saturated carbocycles. The molecular formula is C26H25Cl2N3O4. The SMILES string of the molecule is NCCCCOc1c(Cl)cc(C(=O)N[C@]2(Cc3ccccc3)C(=O)N2c2ccccc2)c(O)c1Cl. The van der Waals surface area contributed by atoms with Gasteiger partial charge >= 0.3 is 0 Å². The highest BCUT2D eigenvalue weighted by atomic mass is 35.5. The molecule has 182 valence electrons. The molecular weight excluding hydrogens is 489 g/mol. The molecule has 1 fully saturated rings. The Morgan fingerprint density at radius 3 is 2.37 bits per heavy atom. The van der Waals surface area contributed by atoms with Crippen LogP contribution in [0.2, 0.25) is 10.0 Å². The predicted octanol–water partition coefficient (Wildman–Crippen LogP) is 4.53. The summed E-state index contributed by atoms with van der Waals surface area (Å²) >= 11 is 12.6. The molecule has 9 heteroatoms. The van der Waals surface area contributed by atoms with Crippen molar-refractivity contribution in [3.63, 3.8) is 0 Å². The number of unbranched alkanes of at least 4 members (excludes halogenated alkanes) is 1. The number of phenolic OH excluding ortho intramolecular Hbond substituents is 1. The van der Waals surface area contributed by atoms with Crippen molar-refractivity contribution in [1.29, 1.82) is 0 Å². The molecule has 2 amide bonds. The van der Waals surface area contributed by atoms with Crippen molar-refractivity contribution in [1.82, 2.24) is 5.32 Å². The highest BCUT2D eigenvalue weighted by molar-refractivity contribution is 6.39. The molecule has 4 rings (SSSR count). The van der Waals surface area contributed by atoms with Gasteiger partial charge in [0.2, 0.25) is 5.66 Å². The molecule has 1 aliphatic heterocycles. The van der Waals surface area contributed by atoms with Gasteiger partial charge in [0, 0.05) is 12.1 Å². The molecule has 3 aromatic carbocycles. The normalized spacial score (nSPS) is 16.8. The van der Waals surface area contributed by atoms with Crippen LogP contribution >= 0.6 is 23.2 Å². The highest BCUT2D eigenvalue weighted by Crippen LogP contribution is 2.44. The molecule has 1 saturated heterocycles. The van der Waals surface area contributed by atoms with Gasteiger partial charge in [0.25, 0.3) is 11.8 Å². The van der Waals surface area contributed by atoms with Gasteiger partial charge in [-0.2, -0.15) is 0 Å². The molecule has 1 heterocycles. The monoisotopic (exact) mass is 513 g/mol. The number of benzene rings is 3. The van der Waals surface area contributed by atoms with Gasteiger partial charge in [-0.05, 0) is 43.1 Å². The lowest BCUT2D eigenvalue weighted by molar-refractivity contribution is -0.111. The maximum atomic E-state index is 13.3. The Bertz CT molecular complexity index is 1220. The van der Waals surface area contributed by atoms with Gasteiger partial charge in [-0.1, -0.05) is 71.7 Å². The number of hydrogen-bond acceptors (Lipinski definition) is 5. The molecule has 7 nitrogen and oxygen atoms in total. The maximum absolute atomic E-state index is 13.3. The quantitative estimate of drug-likeness (QED) is 0.272. The van der Waals surface area contributed by atoms with E-state index < -0.39 is 17.3 Å². The third kappa shape index (κ3) is 5.07. The van der Waals surface area contributed by atoms with Crippen LogP contribution in [0, 0.1) is 0 Å². The number of para-hydroxylation sites is 1. The van der Waals surface area contributed by atoms with E-state index in [-0.39, 0.29) is 33.7 Å². The van der Waals surface area contributed by atoms with Crippen molar-refractivity contribution in [3.8, 4) is 11.5 Å². The summed E-state index contributed by atoms with van der Waals surface area (Å²) in [5, 5.41) is 13.4. The molecule has 3 aromatic rings.